The summed E-state index contributed by atoms with van der Waals surface area (Å²) >= 11 is 5.96. The third-order valence-corrected chi connectivity index (χ3v) is 3.82. The summed E-state index contributed by atoms with van der Waals surface area (Å²) in [7, 11) is 1.81. The van der Waals surface area contributed by atoms with E-state index in [2.05, 4.69) is 10.2 Å². The van der Waals surface area contributed by atoms with Gasteiger partial charge in [-0.05, 0) is 30.3 Å². The number of anilines is 1. The maximum Gasteiger partial charge on any atom is 0.314 e. The number of hydrogen-bond acceptors (Lipinski definition) is 4. The molecule has 0 fully saturated rings. The number of nitrogens with zero attached hydrogens (tertiary/aromatic N) is 3. The topological polar surface area (TPSA) is 42.2 Å². The fourth-order valence-electron chi connectivity index (χ4n) is 2.31. The van der Waals surface area contributed by atoms with E-state index in [1.165, 1.54) is 6.07 Å². The highest BCUT2D eigenvalue weighted by molar-refractivity contribution is 6.30. The summed E-state index contributed by atoms with van der Waals surface area (Å²) in [5.41, 5.74) is 1.51. The molecule has 0 aliphatic rings. The van der Waals surface area contributed by atoms with Crippen molar-refractivity contribution in [2.24, 2.45) is 0 Å². The number of rotatable bonds is 5. The van der Waals surface area contributed by atoms with E-state index in [1.807, 2.05) is 24.1 Å². The molecule has 0 atom stereocenters. The Kier molecular flexibility index (Phi) is 4.94. The molecule has 130 valence electrons. The van der Waals surface area contributed by atoms with Crippen LogP contribution < -0.4 is 4.90 Å². The van der Waals surface area contributed by atoms with E-state index >= 15 is 0 Å². The minimum absolute atomic E-state index is 0.149. The second-order valence-electron chi connectivity index (χ2n) is 5.39. The van der Waals surface area contributed by atoms with Crippen molar-refractivity contribution in [2.45, 2.75) is 13.0 Å². The molecular weight excluding hydrogens is 355 g/mol. The summed E-state index contributed by atoms with van der Waals surface area (Å²) in [4.78, 5) is 1.84. The molecule has 3 aromatic rings. The van der Waals surface area contributed by atoms with Gasteiger partial charge in [-0.2, -0.15) is 8.78 Å². The molecule has 0 amide bonds. The van der Waals surface area contributed by atoms with E-state index in [-0.39, 0.29) is 11.5 Å². The van der Waals surface area contributed by atoms with Crippen LogP contribution >= 0.6 is 11.6 Å². The largest absolute Gasteiger partial charge is 0.415 e. The van der Waals surface area contributed by atoms with Gasteiger partial charge in [-0.25, -0.2) is 4.39 Å². The molecule has 0 aliphatic heterocycles. The second-order valence-corrected chi connectivity index (χ2v) is 5.82. The smallest absolute Gasteiger partial charge is 0.314 e. The minimum Gasteiger partial charge on any atom is -0.415 e. The Balaban J connectivity index is 1.79. The Hall–Kier alpha value is -2.54. The molecule has 1 heterocycles. The molecule has 0 saturated carbocycles. The summed E-state index contributed by atoms with van der Waals surface area (Å²) in [6.45, 7) is 0.304. The van der Waals surface area contributed by atoms with E-state index in [4.69, 9.17) is 16.0 Å². The maximum atomic E-state index is 14.4. The van der Waals surface area contributed by atoms with Crippen LogP contribution in [0.1, 0.15) is 17.9 Å². The lowest BCUT2D eigenvalue weighted by Gasteiger charge is -2.20. The first-order valence-electron chi connectivity index (χ1n) is 7.31. The maximum absolute atomic E-state index is 14.4. The van der Waals surface area contributed by atoms with Crippen molar-refractivity contribution >= 4 is 17.3 Å². The highest BCUT2D eigenvalue weighted by atomic mass is 35.5. The lowest BCUT2D eigenvalue weighted by Crippen LogP contribution is -2.17. The average molecular weight is 368 g/mol. The first kappa shape index (κ1) is 17.3. The van der Waals surface area contributed by atoms with Gasteiger partial charge in [-0.1, -0.05) is 23.7 Å². The van der Waals surface area contributed by atoms with Crippen molar-refractivity contribution in [3.05, 3.63) is 64.8 Å². The second kappa shape index (κ2) is 7.14. The van der Waals surface area contributed by atoms with Crippen LogP contribution in [0.15, 0.2) is 46.9 Å². The monoisotopic (exact) mass is 367 g/mol. The Morgan fingerprint density at radius 2 is 1.96 bits per heavy atom. The Labute approximate surface area is 146 Å². The third-order valence-electron chi connectivity index (χ3n) is 3.58. The zero-order valence-electron chi connectivity index (χ0n) is 13.1. The van der Waals surface area contributed by atoms with Gasteiger partial charge in [-0.3, -0.25) is 0 Å². The first-order chi connectivity index (χ1) is 11.9. The van der Waals surface area contributed by atoms with Crippen LogP contribution in [0.5, 0.6) is 0 Å². The van der Waals surface area contributed by atoms with E-state index in [1.54, 1.807) is 24.3 Å². The molecule has 1 aromatic heterocycles. The van der Waals surface area contributed by atoms with E-state index < -0.39 is 18.1 Å². The lowest BCUT2D eigenvalue weighted by atomic mass is 10.1. The van der Waals surface area contributed by atoms with E-state index in [9.17, 15) is 13.2 Å². The quantitative estimate of drug-likeness (QED) is 0.629. The number of hydrogen-bond donors (Lipinski definition) is 0. The van der Waals surface area contributed by atoms with E-state index in [0.717, 1.165) is 5.69 Å². The Morgan fingerprint density at radius 3 is 2.60 bits per heavy atom. The molecule has 0 unspecified atom stereocenters. The molecule has 8 heteroatoms. The normalized spacial score (nSPS) is 11.1. The molecular formula is C17H13ClF3N3O. The first-order valence-corrected chi connectivity index (χ1v) is 7.69. The van der Waals surface area contributed by atoms with Gasteiger partial charge in [0.25, 0.3) is 5.89 Å². The summed E-state index contributed by atoms with van der Waals surface area (Å²) < 4.78 is 44.2. The average Bonchev–Trinajstić information content (AvgIpc) is 3.07. The number of benzene rings is 2. The molecule has 2 aromatic carbocycles. The van der Waals surface area contributed by atoms with Crippen LogP contribution in [0.25, 0.3) is 11.5 Å². The van der Waals surface area contributed by atoms with Gasteiger partial charge >= 0.3 is 6.43 Å². The molecule has 0 N–H and O–H groups in total. The summed E-state index contributed by atoms with van der Waals surface area (Å²) in [6.07, 6.45) is -2.86. The third kappa shape index (κ3) is 3.93. The van der Waals surface area contributed by atoms with Gasteiger partial charge in [0.1, 0.15) is 5.82 Å². The van der Waals surface area contributed by atoms with Crippen molar-refractivity contribution in [3.8, 4) is 11.5 Å². The molecule has 0 radical (unpaired) electrons. The van der Waals surface area contributed by atoms with Crippen LogP contribution in [-0.2, 0) is 6.54 Å². The molecule has 4 nitrogen and oxygen atoms in total. The van der Waals surface area contributed by atoms with Crippen molar-refractivity contribution in [3.63, 3.8) is 0 Å². The Morgan fingerprint density at radius 1 is 1.16 bits per heavy atom. The molecule has 0 aliphatic carbocycles. The SMILES string of the molecule is CN(Cc1ccc(-c2nnc(C(F)F)o2)cc1F)c1cccc(Cl)c1. The molecule has 0 saturated heterocycles. The lowest BCUT2D eigenvalue weighted by molar-refractivity contribution is 0.116. The predicted octanol–water partition coefficient (Wildman–Crippen LogP) is 5.10. The van der Waals surface area contributed by atoms with Crippen LogP contribution in [0.2, 0.25) is 5.02 Å². The van der Waals surface area contributed by atoms with Gasteiger partial charge < -0.3 is 9.32 Å². The zero-order valence-corrected chi connectivity index (χ0v) is 13.8. The van der Waals surface area contributed by atoms with Crippen molar-refractivity contribution < 1.29 is 17.6 Å². The van der Waals surface area contributed by atoms with Crippen molar-refractivity contribution in [1.29, 1.82) is 0 Å². The van der Waals surface area contributed by atoms with E-state index in [0.29, 0.717) is 17.1 Å². The van der Waals surface area contributed by atoms with Gasteiger partial charge in [0.05, 0.1) is 0 Å². The van der Waals surface area contributed by atoms with Crippen LogP contribution in [0.4, 0.5) is 18.9 Å². The zero-order chi connectivity index (χ0) is 18.0. The molecule has 0 bridgehead atoms. The van der Waals surface area contributed by atoms with Gasteiger partial charge in [0.15, 0.2) is 0 Å². The fraction of sp³-hybridized carbons (Fsp3) is 0.176. The predicted molar refractivity (Wildman–Crippen MR) is 88.2 cm³/mol. The molecule has 25 heavy (non-hydrogen) atoms. The minimum atomic E-state index is -2.86. The standard InChI is InChI=1S/C17H13ClF3N3O/c1-24(13-4-2-3-12(18)8-13)9-11-6-5-10(7-14(11)19)16-22-23-17(25-16)15(20)21/h2-8,15H,9H2,1H3. The van der Waals surface area contributed by atoms with Crippen LogP contribution in [0, 0.1) is 5.82 Å². The van der Waals surface area contributed by atoms with Crippen molar-refractivity contribution in [2.75, 3.05) is 11.9 Å². The van der Waals surface area contributed by atoms with Crippen LogP contribution in [-0.4, -0.2) is 17.2 Å². The fourth-order valence-corrected chi connectivity index (χ4v) is 2.49. The Bertz CT molecular complexity index is 885. The highest BCUT2D eigenvalue weighted by Crippen LogP contribution is 2.26. The van der Waals surface area contributed by atoms with Gasteiger partial charge in [0, 0.05) is 35.4 Å². The number of aromatic nitrogens is 2. The van der Waals surface area contributed by atoms with Gasteiger partial charge in [0.2, 0.25) is 5.89 Å². The number of alkyl halides is 2. The molecule has 3 rings (SSSR count). The highest BCUT2D eigenvalue weighted by Gasteiger charge is 2.18. The summed E-state index contributed by atoms with van der Waals surface area (Å²) in [5.74, 6) is -1.44. The van der Waals surface area contributed by atoms with Crippen LogP contribution in [0.3, 0.4) is 0 Å². The number of halogens is 4. The van der Waals surface area contributed by atoms with Crippen molar-refractivity contribution in [1.82, 2.24) is 10.2 Å². The summed E-state index contributed by atoms with van der Waals surface area (Å²) in [5, 5.41) is 7.33. The summed E-state index contributed by atoms with van der Waals surface area (Å²) in [6, 6.07) is 11.5. The van der Waals surface area contributed by atoms with Gasteiger partial charge in [-0.15, -0.1) is 10.2 Å². The molecule has 0 spiro atoms.